The number of allylic oxidation sites excluding steroid dienone is 2. The summed E-state index contributed by atoms with van der Waals surface area (Å²) >= 11 is 0. The minimum absolute atomic E-state index is 0.0840. The molecular formula is C32H48F3N3O6S. The van der Waals surface area contributed by atoms with Crippen LogP contribution in [-0.2, 0) is 19.6 Å². The van der Waals surface area contributed by atoms with Gasteiger partial charge < -0.3 is 15.8 Å². The van der Waals surface area contributed by atoms with Crippen molar-refractivity contribution in [2.45, 2.75) is 123 Å². The molecule has 9 atom stereocenters. The number of primary amides is 1. The second-order valence-corrected chi connectivity index (χ2v) is 18.2. The van der Waals surface area contributed by atoms with Crippen molar-refractivity contribution < 1.29 is 40.7 Å². The Morgan fingerprint density at radius 3 is 2.18 bits per heavy atom. The summed E-state index contributed by atoms with van der Waals surface area (Å²) in [5, 5.41) is 2.54. The highest BCUT2D eigenvalue weighted by molar-refractivity contribution is 7.90. The molecule has 13 heteroatoms. The Morgan fingerprint density at radius 2 is 1.58 bits per heavy atom. The molecule has 0 saturated heterocycles. The number of nitrogens with two attached hydrogens (primary N) is 1. The molecule has 5 aliphatic carbocycles. The van der Waals surface area contributed by atoms with Crippen LogP contribution in [0.1, 0.15) is 106 Å². The Hall–Kier alpha value is -2.31. The zero-order valence-corrected chi connectivity index (χ0v) is 28.1. The van der Waals surface area contributed by atoms with E-state index >= 15 is 0 Å². The van der Waals surface area contributed by atoms with Crippen molar-refractivity contribution in [3.8, 4) is 0 Å². The van der Waals surface area contributed by atoms with Gasteiger partial charge in [0.1, 0.15) is 6.10 Å². The van der Waals surface area contributed by atoms with Gasteiger partial charge in [0.15, 0.2) is 5.78 Å². The first-order valence-corrected chi connectivity index (χ1v) is 17.5. The molecule has 9 nitrogen and oxygen atoms in total. The van der Waals surface area contributed by atoms with Crippen LogP contribution < -0.4 is 15.8 Å². The van der Waals surface area contributed by atoms with Crippen LogP contribution in [-0.4, -0.2) is 43.5 Å². The van der Waals surface area contributed by atoms with E-state index < -0.39 is 33.2 Å². The average Bonchev–Trinajstić information content (AvgIpc) is 2.87. The second-order valence-electron chi connectivity index (χ2n) is 16.5. The monoisotopic (exact) mass is 659 g/mol. The Balaban J connectivity index is 1.48. The van der Waals surface area contributed by atoms with E-state index in [9.17, 15) is 36.0 Å². The maximum atomic E-state index is 14.5. The lowest BCUT2D eigenvalue weighted by atomic mass is 9.33. The largest absolute Gasteiger partial charge is 0.516 e. The lowest BCUT2D eigenvalue weighted by Crippen LogP contribution is -2.67. The number of ketones is 1. The van der Waals surface area contributed by atoms with E-state index in [1.54, 1.807) is 6.92 Å². The highest BCUT2D eigenvalue weighted by Crippen LogP contribution is 2.75. The molecule has 5 aliphatic rings. The normalized spacial score (nSPS) is 44.2. The van der Waals surface area contributed by atoms with Gasteiger partial charge in [-0.2, -0.15) is 21.6 Å². The van der Waals surface area contributed by atoms with Crippen LogP contribution >= 0.6 is 0 Å². The van der Waals surface area contributed by atoms with Crippen molar-refractivity contribution in [2.24, 2.45) is 50.6 Å². The number of alkyl halides is 3. The molecule has 0 aromatic rings. The smallest absolute Gasteiger partial charge is 0.446 e. The fourth-order valence-electron chi connectivity index (χ4n) is 11.1. The highest BCUT2D eigenvalue weighted by atomic mass is 32.2. The molecule has 0 unspecified atom stereocenters. The van der Waals surface area contributed by atoms with Crippen LogP contribution in [0.25, 0.3) is 0 Å². The van der Waals surface area contributed by atoms with Gasteiger partial charge in [0.05, 0.1) is 0 Å². The number of ether oxygens (including phenoxy) is 1. The fourth-order valence-corrected chi connectivity index (χ4v) is 11.5. The third kappa shape index (κ3) is 4.99. The predicted molar refractivity (Wildman–Crippen MR) is 161 cm³/mol. The van der Waals surface area contributed by atoms with E-state index in [2.05, 4.69) is 46.9 Å². The number of fused-ring (bicyclic) bond motifs is 7. The van der Waals surface area contributed by atoms with Crippen molar-refractivity contribution in [3.63, 3.8) is 0 Å². The second kappa shape index (κ2) is 10.1. The lowest BCUT2D eigenvalue weighted by Gasteiger charge is -2.70. The summed E-state index contributed by atoms with van der Waals surface area (Å²) in [4.78, 5) is 38.8. The van der Waals surface area contributed by atoms with E-state index in [1.165, 1.54) is 0 Å². The van der Waals surface area contributed by atoms with Crippen molar-refractivity contribution in [1.29, 1.82) is 0 Å². The topological polar surface area (TPSA) is 145 Å². The third-order valence-electron chi connectivity index (χ3n) is 13.7. The molecule has 4 N–H and O–H groups in total. The molecular weight excluding hydrogens is 611 g/mol. The van der Waals surface area contributed by atoms with Gasteiger partial charge >= 0.3 is 27.7 Å². The minimum atomic E-state index is -5.85. The van der Waals surface area contributed by atoms with E-state index in [0.29, 0.717) is 25.7 Å². The summed E-state index contributed by atoms with van der Waals surface area (Å²) in [7, 11) is -5.85. The first-order valence-electron chi connectivity index (χ1n) is 16.0. The van der Waals surface area contributed by atoms with Crippen LogP contribution in [0, 0.1) is 44.8 Å². The standard InChI is InChI=1S/C32H48F3N3O6S/c1-26(2)21-8-11-31(7)23(29(21,5)10-9-22(26)44-24(36)40)20(39)16-18-19-17-28(4,14-12-27(19,3)13-15-30(18,31)6)37-25(41)38-45(42,43)32(33,34)35/h16,19,21-23H,8-15,17H2,1-7H3,(H2,36,40)(H2,37,38,41)/t19-,21-,22-,23+,27+,28-,29-,30+,31+/m0/s1. The van der Waals surface area contributed by atoms with Crippen LogP contribution in [0.5, 0.6) is 0 Å². The minimum Gasteiger partial charge on any atom is -0.446 e. The van der Waals surface area contributed by atoms with Crippen LogP contribution in [0.2, 0.25) is 0 Å². The molecule has 4 fully saturated rings. The van der Waals surface area contributed by atoms with Crippen molar-refractivity contribution in [3.05, 3.63) is 11.6 Å². The van der Waals surface area contributed by atoms with Gasteiger partial charge in [0.25, 0.3) is 0 Å². The predicted octanol–water partition coefficient (Wildman–Crippen LogP) is 6.33. The number of nitrogens with one attached hydrogen (secondary N) is 2. The number of hydrogen-bond donors (Lipinski definition) is 3. The lowest BCUT2D eigenvalue weighted by molar-refractivity contribution is -0.201. The van der Waals surface area contributed by atoms with Gasteiger partial charge in [-0.15, -0.1) is 0 Å². The van der Waals surface area contributed by atoms with Crippen LogP contribution in [0.3, 0.4) is 0 Å². The van der Waals surface area contributed by atoms with Crippen molar-refractivity contribution in [1.82, 2.24) is 10.0 Å². The van der Waals surface area contributed by atoms with E-state index in [-0.39, 0.29) is 56.7 Å². The summed E-state index contributed by atoms with van der Waals surface area (Å²) in [6, 6.07) is -1.41. The number of carbonyl (C=O) groups excluding carboxylic acids is 3. The third-order valence-corrected chi connectivity index (χ3v) is 14.8. The van der Waals surface area contributed by atoms with E-state index in [0.717, 1.165) is 42.4 Å². The molecule has 5 rings (SSSR count). The van der Waals surface area contributed by atoms with E-state index in [1.807, 2.05) is 6.08 Å². The average molecular weight is 660 g/mol. The summed E-state index contributed by atoms with van der Waals surface area (Å²) in [5.41, 5.74) is -1.73. The zero-order chi connectivity index (χ0) is 33.8. The number of hydrogen-bond acceptors (Lipinski definition) is 6. The van der Waals surface area contributed by atoms with E-state index in [4.69, 9.17) is 10.5 Å². The molecule has 4 saturated carbocycles. The molecule has 0 spiro atoms. The maximum absolute atomic E-state index is 14.5. The number of urea groups is 1. The Morgan fingerprint density at radius 1 is 0.956 bits per heavy atom. The fraction of sp³-hybridized carbons (Fsp3) is 0.844. The summed E-state index contributed by atoms with van der Waals surface area (Å²) < 4.78 is 68.6. The van der Waals surface area contributed by atoms with Gasteiger partial charge in [-0.3, -0.25) is 4.79 Å². The number of halogens is 3. The summed E-state index contributed by atoms with van der Waals surface area (Å²) in [6.45, 7) is 14.9. The number of rotatable bonds is 3. The van der Waals surface area contributed by atoms with Crippen LogP contribution in [0.15, 0.2) is 11.6 Å². The first-order chi connectivity index (χ1) is 20.4. The van der Waals surface area contributed by atoms with Gasteiger partial charge in [-0.25, -0.2) is 14.3 Å². The molecule has 0 aromatic carbocycles. The SMILES string of the molecule is CC1(C)[C@@H](OC(N)=O)CC[C@]2(C)[C@H]3C(=O)C=C4[C@@H]5C[C@@](C)(NC(=O)NS(=O)(=O)C(F)(F)F)CC[C@]5(C)CC[C@@]4(C)[C@]3(C)CC[C@@H]12. The van der Waals surface area contributed by atoms with Crippen molar-refractivity contribution in [2.75, 3.05) is 0 Å². The summed E-state index contributed by atoms with van der Waals surface area (Å²) in [5.74, 6) is -0.160. The molecule has 0 aromatic heterocycles. The number of sulfonamides is 1. The molecule has 0 radical (unpaired) electrons. The van der Waals surface area contributed by atoms with Crippen molar-refractivity contribution >= 4 is 27.9 Å². The van der Waals surface area contributed by atoms with Gasteiger partial charge in [-0.1, -0.05) is 47.1 Å². The van der Waals surface area contributed by atoms with Gasteiger partial charge in [0.2, 0.25) is 0 Å². The molecule has 0 bridgehead atoms. The molecule has 0 aliphatic heterocycles. The quantitative estimate of drug-likeness (QED) is 0.323. The molecule has 3 amide bonds. The van der Waals surface area contributed by atoms with Gasteiger partial charge in [-0.05, 0) is 104 Å². The Bertz CT molecular complexity index is 1450. The molecule has 0 heterocycles. The highest BCUT2D eigenvalue weighted by Gasteiger charge is 2.70. The number of carbonyl (C=O) groups is 3. The molecule has 45 heavy (non-hydrogen) atoms. The number of amides is 3. The zero-order valence-electron chi connectivity index (χ0n) is 27.3. The van der Waals surface area contributed by atoms with Crippen LogP contribution in [0.4, 0.5) is 22.8 Å². The molecule has 254 valence electrons. The Kier molecular flexibility index (Phi) is 7.64. The first kappa shape index (κ1) is 34.0. The van der Waals surface area contributed by atoms with Gasteiger partial charge in [0, 0.05) is 16.9 Å². The summed E-state index contributed by atoms with van der Waals surface area (Å²) in [6.07, 6.45) is 7.02. The maximum Gasteiger partial charge on any atom is 0.516 e. The Labute approximate surface area is 264 Å².